The van der Waals surface area contributed by atoms with E-state index in [1.54, 1.807) is 25.2 Å². The lowest BCUT2D eigenvalue weighted by atomic mass is 10.2. The summed E-state index contributed by atoms with van der Waals surface area (Å²) in [6.07, 6.45) is 1.51. The Balaban J connectivity index is 2.55. The lowest BCUT2D eigenvalue weighted by Gasteiger charge is -2.08. The van der Waals surface area contributed by atoms with Gasteiger partial charge in [-0.2, -0.15) is 0 Å². The molecule has 0 aliphatic carbocycles. The summed E-state index contributed by atoms with van der Waals surface area (Å²) in [6, 6.07) is 6.92. The minimum atomic E-state index is -3.28. The summed E-state index contributed by atoms with van der Waals surface area (Å²) >= 11 is 0. The predicted molar refractivity (Wildman–Crippen MR) is 75.3 cm³/mol. The summed E-state index contributed by atoms with van der Waals surface area (Å²) in [6.45, 7) is 1.00. The Morgan fingerprint density at radius 3 is 2.68 bits per heavy atom. The van der Waals surface area contributed by atoms with Crippen LogP contribution in [0.25, 0.3) is 0 Å². The van der Waals surface area contributed by atoms with Crippen LogP contribution in [0.2, 0.25) is 0 Å². The van der Waals surface area contributed by atoms with Gasteiger partial charge in [-0.3, -0.25) is 9.52 Å². The Hall–Kier alpha value is -1.60. The topological polar surface area (TPSA) is 87.3 Å². The molecule has 0 spiro atoms. The number of carbonyl (C=O) groups is 1. The fourth-order valence-electron chi connectivity index (χ4n) is 1.49. The van der Waals surface area contributed by atoms with Crippen LogP contribution in [-0.2, 0) is 21.4 Å². The Kier molecular flexibility index (Phi) is 5.78. The molecular weight excluding hydrogens is 266 g/mol. The number of nitrogens with one attached hydrogen (secondary N) is 3. The van der Waals surface area contributed by atoms with E-state index in [4.69, 9.17) is 0 Å². The molecule has 106 valence electrons. The summed E-state index contributed by atoms with van der Waals surface area (Å²) < 4.78 is 24.6. The summed E-state index contributed by atoms with van der Waals surface area (Å²) in [5.74, 6) is -0.0455. The van der Waals surface area contributed by atoms with Crippen LogP contribution in [0, 0.1) is 0 Å². The smallest absolute Gasteiger partial charge is 0.229 e. The van der Waals surface area contributed by atoms with E-state index in [2.05, 4.69) is 15.4 Å². The maximum absolute atomic E-state index is 11.4. The molecule has 1 aromatic carbocycles. The molecule has 0 fully saturated rings. The zero-order valence-electron chi connectivity index (χ0n) is 11.1. The number of anilines is 1. The number of hydrogen-bond donors (Lipinski definition) is 3. The summed E-state index contributed by atoms with van der Waals surface area (Å²) in [5, 5.41) is 5.66. The third-order valence-electron chi connectivity index (χ3n) is 2.32. The lowest BCUT2D eigenvalue weighted by molar-refractivity contribution is -0.121. The molecule has 3 N–H and O–H groups in total. The zero-order valence-corrected chi connectivity index (χ0v) is 11.9. The van der Waals surface area contributed by atoms with E-state index in [0.29, 0.717) is 25.2 Å². The normalized spacial score (nSPS) is 11.1. The molecule has 0 aromatic heterocycles. The van der Waals surface area contributed by atoms with Crippen LogP contribution >= 0.6 is 0 Å². The van der Waals surface area contributed by atoms with E-state index in [1.807, 2.05) is 6.07 Å². The fourth-order valence-corrected chi connectivity index (χ4v) is 2.04. The highest BCUT2D eigenvalue weighted by Crippen LogP contribution is 2.11. The molecule has 6 nitrogen and oxygen atoms in total. The third kappa shape index (κ3) is 6.78. The molecule has 1 amide bonds. The minimum Gasteiger partial charge on any atom is -0.352 e. The first-order valence-electron chi connectivity index (χ1n) is 5.89. The largest absolute Gasteiger partial charge is 0.352 e. The van der Waals surface area contributed by atoms with Crippen LogP contribution in [0.4, 0.5) is 5.69 Å². The fraction of sp³-hybridized carbons (Fsp3) is 0.417. The van der Waals surface area contributed by atoms with Crippen molar-refractivity contribution in [1.29, 1.82) is 0 Å². The highest BCUT2D eigenvalue weighted by atomic mass is 32.2. The van der Waals surface area contributed by atoms with Crippen LogP contribution in [0.3, 0.4) is 0 Å². The monoisotopic (exact) mass is 285 g/mol. The first kappa shape index (κ1) is 15.5. The molecule has 0 aliphatic heterocycles. The van der Waals surface area contributed by atoms with Gasteiger partial charge in [0, 0.05) is 25.2 Å². The van der Waals surface area contributed by atoms with Crippen LogP contribution < -0.4 is 15.4 Å². The van der Waals surface area contributed by atoms with Crippen LogP contribution in [0.5, 0.6) is 0 Å². The zero-order chi connectivity index (χ0) is 14.3. The molecule has 0 aliphatic rings. The maximum atomic E-state index is 11.4. The first-order valence-corrected chi connectivity index (χ1v) is 7.78. The number of carbonyl (C=O) groups excluding carboxylic acids is 1. The van der Waals surface area contributed by atoms with Crippen molar-refractivity contribution in [2.75, 3.05) is 24.6 Å². The number of amides is 1. The SMILES string of the molecule is CNCCC(=O)NCc1cccc(NS(C)(=O)=O)c1. The molecule has 19 heavy (non-hydrogen) atoms. The molecule has 1 aromatic rings. The summed E-state index contributed by atoms with van der Waals surface area (Å²) in [5.41, 5.74) is 1.33. The van der Waals surface area contributed by atoms with Gasteiger partial charge in [0.15, 0.2) is 0 Å². The minimum absolute atomic E-state index is 0.0455. The molecule has 0 saturated carbocycles. The molecule has 0 unspecified atom stereocenters. The van der Waals surface area contributed by atoms with E-state index in [9.17, 15) is 13.2 Å². The Morgan fingerprint density at radius 2 is 2.05 bits per heavy atom. The quantitative estimate of drug-likeness (QED) is 0.672. The first-order chi connectivity index (χ1) is 8.90. The van der Waals surface area contributed by atoms with E-state index in [-0.39, 0.29) is 5.91 Å². The van der Waals surface area contributed by atoms with Gasteiger partial charge in [0.25, 0.3) is 0 Å². The molecule has 0 atom stereocenters. The van der Waals surface area contributed by atoms with E-state index in [0.717, 1.165) is 11.8 Å². The number of benzene rings is 1. The van der Waals surface area contributed by atoms with E-state index >= 15 is 0 Å². The van der Waals surface area contributed by atoms with Crippen LogP contribution in [0.15, 0.2) is 24.3 Å². The van der Waals surface area contributed by atoms with Crippen molar-refractivity contribution in [1.82, 2.24) is 10.6 Å². The lowest BCUT2D eigenvalue weighted by Crippen LogP contribution is -2.26. The van der Waals surface area contributed by atoms with E-state index in [1.165, 1.54) is 0 Å². The van der Waals surface area contributed by atoms with Gasteiger partial charge in [-0.1, -0.05) is 12.1 Å². The van der Waals surface area contributed by atoms with Crippen LogP contribution in [0.1, 0.15) is 12.0 Å². The van der Waals surface area contributed by atoms with Crippen molar-refractivity contribution in [3.63, 3.8) is 0 Å². The van der Waals surface area contributed by atoms with Gasteiger partial charge in [0.2, 0.25) is 15.9 Å². The average Bonchev–Trinajstić information content (AvgIpc) is 2.32. The van der Waals surface area contributed by atoms with Gasteiger partial charge >= 0.3 is 0 Å². The van der Waals surface area contributed by atoms with Crippen molar-refractivity contribution >= 4 is 21.6 Å². The number of rotatable bonds is 7. The van der Waals surface area contributed by atoms with Gasteiger partial charge in [-0.15, -0.1) is 0 Å². The second kappa shape index (κ2) is 7.10. The van der Waals surface area contributed by atoms with Crippen LogP contribution in [-0.4, -0.2) is 34.2 Å². The standard InChI is InChI=1S/C12H19N3O3S/c1-13-7-6-12(16)14-9-10-4-3-5-11(8-10)15-19(2,17)18/h3-5,8,13,15H,6-7,9H2,1-2H3,(H,14,16). The second-order valence-electron chi connectivity index (χ2n) is 4.20. The van der Waals surface area contributed by atoms with Gasteiger partial charge in [-0.25, -0.2) is 8.42 Å². The van der Waals surface area contributed by atoms with Crippen molar-refractivity contribution < 1.29 is 13.2 Å². The number of hydrogen-bond acceptors (Lipinski definition) is 4. The Labute approximate surface area is 113 Å². The van der Waals surface area contributed by atoms with Crippen molar-refractivity contribution in [2.24, 2.45) is 0 Å². The maximum Gasteiger partial charge on any atom is 0.229 e. The second-order valence-corrected chi connectivity index (χ2v) is 5.95. The average molecular weight is 285 g/mol. The molecule has 0 radical (unpaired) electrons. The van der Waals surface area contributed by atoms with Gasteiger partial charge in [0.05, 0.1) is 6.26 Å². The van der Waals surface area contributed by atoms with Crippen molar-refractivity contribution in [2.45, 2.75) is 13.0 Å². The van der Waals surface area contributed by atoms with Gasteiger partial charge in [0.1, 0.15) is 0 Å². The number of sulfonamides is 1. The van der Waals surface area contributed by atoms with E-state index < -0.39 is 10.0 Å². The molecule has 0 saturated heterocycles. The van der Waals surface area contributed by atoms with Gasteiger partial charge in [-0.05, 0) is 24.7 Å². The molecule has 0 heterocycles. The third-order valence-corrected chi connectivity index (χ3v) is 2.93. The summed E-state index contributed by atoms with van der Waals surface area (Å²) in [7, 11) is -1.50. The molecular formula is C12H19N3O3S. The highest BCUT2D eigenvalue weighted by molar-refractivity contribution is 7.92. The highest BCUT2D eigenvalue weighted by Gasteiger charge is 2.04. The predicted octanol–water partition coefficient (Wildman–Crippen LogP) is 0.284. The van der Waals surface area contributed by atoms with Gasteiger partial charge < -0.3 is 10.6 Å². The van der Waals surface area contributed by atoms with Crippen molar-refractivity contribution in [3.05, 3.63) is 29.8 Å². The Bertz CT molecular complexity index is 529. The Morgan fingerprint density at radius 1 is 1.32 bits per heavy atom. The summed E-state index contributed by atoms with van der Waals surface area (Å²) in [4.78, 5) is 11.4. The molecule has 1 rings (SSSR count). The van der Waals surface area contributed by atoms with Crippen molar-refractivity contribution in [3.8, 4) is 0 Å². The molecule has 0 bridgehead atoms. The molecule has 7 heteroatoms.